The fraction of sp³-hybridized carbons (Fsp3) is 0.462. The smallest absolute Gasteiger partial charge is 0.329 e. The topological polar surface area (TPSA) is 82.1 Å². The van der Waals surface area contributed by atoms with Gasteiger partial charge in [0.2, 0.25) is 10.0 Å². The Morgan fingerprint density at radius 2 is 1.81 bits per heavy atom. The van der Waals surface area contributed by atoms with Crippen LogP contribution in [0.25, 0.3) is 0 Å². The maximum atomic E-state index is 12.1. The van der Waals surface area contributed by atoms with Crippen LogP contribution in [0.2, 0.25) is 0 Å². The maximum absolute atomic E-state index is 12.1. The van der Waals surface area contributed by atoms with Gasteiger partial charge in [0.1, 0.15) is 17.5 Å². The third-order valence-electron chi connectivity index (χ3n) is 2.87. The minimum absolute atomic E-state index is 0.206. The zero-order valence-corrected chi connectivity index (χ0v) is 13.4. The number of sulfonamides is 1. The van der Waals surface area contributed by atoms with Crippen LogP contribution < -0.4 is 13.8 Å². The molecule has 0 saturated carbocycles. The van der Waals surface area contributed by atoms with Crippen molar-refractivity contribution in [3.8, 4) is 11.5 Å². The van der Waals surface area contributed by atoms with E-state index in [1.165, 1.54) is 34.3 Å². The fourth-order valence-corrected chi connectivity index (χ4v) is 3.07. The number of benzene rings is 1. The SMILES string of the molecule is COC(=O)[C@@H](C)N(c1cc(OC)ccc1OC)S(C)(=O)=O. The van der Waals surface area contributed by atoms with Gasteiger partial charge in [-0.1, -0.05) is 0 Å². The fourth-order valence-electron chi connectivity index (χ4n) is 1.91. The predicted molar refractivity (Wildman–Crippen MR) is 78.3 cm³/mol. The quantitative estimate of drug-likeness (QED) is 0.729. The van der Waals surface area contributed by atoms with Gasteiger partial charge in [-0.3, -0.25) is 4.31 Å². The van der Waals surface area contributed by atoms with Crippen LogP contribution in [-0.2, 0) is 19.6 Å². The van der Waals surface area contributed by atoms with Gasteiger partial charge >= 0.3 is 5.97 Å². The van der Waals surface area contributed by atoms with Crippen molar-refractivity contribution in [1.29, 1.82) is 0 Å². The van der Waals surface area contributed by atoms with E-state index >= 15 is 0 Å². The lowest BCUT2D eigenvalue weighted by atomic mass is 10.2. The van der Waals surface area contributed by atoms with Crippen molar-refractivity contribution in [2.24, 2.45) is 0 Å². The van der Waals surface area contributed by atoms with Gasteiger partial charge in [0.25, 0.3) is 0 Å². The molecule has 0 heterocycles. The molecule has 1 aromatic carbocycles. The highest BCUT2D eigenvalue weighted by atomic mass is 32.2. The summed E-state index contributed by atoms with van der Waals surface area (Å²) in [6, 6.07) is 3.65. The molecule has 21 heavy (non-hydrogen) atoms. The van der Waals surface area contributed by atoms with E-state index in [2.05, 4.69) is 4.74 Å². The summed E-state index contributed by atoms with van der Waals surface area (Å²) in [4.78, 5) is 11.7. The van der Waals surface area contributed by atoms with Gasteiger partial charge in [-0.15, -0.1) is 0 Å². The molecule has 0 fully saturated rings. The maximum Gasteiger partial charge on any atom is 0.329 e. The van der Waals surface area contributed by atoms with Crippen molar-refractivity contribution in [2.45, 2.75) is 13.0 Å². The van der Waals surface area contributed by atoms with E-state index in [0.717, 1.165) is 10.6 Å². The van der Waals surface area contributed by atoms with Crippen LogP contribution in [0.3, 0.4) is 0 Å². The van der Waals surface area contributed by atoms with Crippen LogP contribution in [-0.4, -0.2) is 48.0 Å². The Balaban J connectivity index is 3.49. The molecule has 118 valence electrons. The largest absolute Gasteiger partial charge is 0.497 e. The van der Waals surface area contributed by atoms with E-state index in [4.69, 9.17) is 9.47 Å². The molecule has 0 unspecified atom stereocenters. The number of rotatable bonds is 6. The van der Waals surface area contributed by atoms with Crippen LogP contribution >= 0.6 is 0 Å². The third-order valence-corrected chi connectivity index (χ3v) is 4.10. The number of carbonyl (C=O) groups is 1. The van der Waals surface area contributed by atoms with Gasteiger partial charge in [-0.05, 0) is 19.1 Å². The summed E-state index contributed by atoms with van der Waals surface area (Å²) < 4.78 is 40.0. The molecule has 1 atom stereocenters. The Bertz CT molecular complexity index is 613. The molecular weight excluding hydrogens is 298 g/mol. The Hall–Kier alpha value is -1.96. The molecule has 7 nitrogen and oxygen atoms in total. The second kappa shape index (κ2) is 6.66. The molecule has 0 amide bonds. The van der Waals surface area contributed by atoms with Gasteiger partial charge in [0.15, 0.2) is 0 Å². The first-order valence-electron chi connectivity index (χ1n) is 6.05. The molecule has 0 radical (unpaired) electrons. The van der Waals surface area contributed by atoms with Gasteiger partial charge < -0.3 is 14.2 Å². The summed E-state index contributed by atoms with van der Waals surface area (Å²) in [5.41, 5.74) is 0.206. The first-order valence-corrected chi connectivity index (χ1v) is 7.90. The lowest BCUT2D eigenvalue weighted by Gasteiger charge is -2.28. The molecule has 0 aliphatic carbocycles. The molecule has 8 heteroatoms. The standard InChI is InChI=1S/C13H19NO6S/c1-9(13(15)20-4)14(21(5,16)17)11-8-10(18-2)6-7-12(11)19-3/h6-9H,1-5H3/t9-/m1/s1. The monoisotopic (exact) mass is 317 g/mol. The van der Waals surface area contributed by atoms with Gasteiger partial charge in [0, 0.05) is 6.07 Å². The molecule has 0 aromatic heterocycles. The summed E-state index contributed by atoms with van der Waals surface area (Å²) in [6.45, 7) is 1.44. The average Bonchev–Trinajstić information content (AvgIpc) is 2.44. The van der Waals surface area contributed by atoms with Crippen LogP contribution in [0.4, 0.5) is 5.69 Å². The highest BCUT2D eigenvalue weighted by molar-refractivity contribution is 7.92. The van der Waals surface area contributed by atoms with E-state index < -0.39 is 22.0 Å². The molecule has 0 aliphatic heterocycles. The third kappa shape index (κ3) is 3.78. The average molecular weight is 317 g/mol. The summed E-state index contributed by atoms with van der Waals surface area (Å²) in [6.07, 6.45) is 1.01. The van der Waals surface area contributed by atoms with Crippen LogP contribution in [0.15, 0.2) is 18.2 Å². The summed E-state index contributed by atoms with van der Waals surface area (Å²) >= 11 is 0. The first-order chi connectivity index (χ1) is 9.76. The normalized spacial score (nSPS) is 12.4. The van der Waals surface area contributed by atoms with Crippen molar-refractivity contribution < 1.29 is 27.4 Å². The molecule has 1 rings (SSSR count). The van der Waals surface area contributed by atoms with E-state index in [0.29, 0.717) is 11.5 Å². The Kier molecular flexibility index (Phi) is 5.42. The summed E-state index contributed by atoms with van der Waals surface area (Å²) in [5, 5.41) is 0. The van der Waals surface area contributed by atoms with Crippen molar-refractivity contribution in [1.82, 2.24) is 0 Å². The predicted octanol–water partition coefficient (Wildman–Crippen LogP) is 1.03. The highest BCUT2D eigenvalue weighted by Gasteiger charge is 2.32. The van der Waals surface area contributed by atoms with Crippen LogP contribution in [0.5, 0.6) is 11.5 Å². The number of hydrogen-bond donors (Lipinski definition) is 0. The minimum atomic E-state index is -3.73. The number of anilines is 1. The number of nitrogens with zero attached hydrogens (tertiary/aromatic N) is 1. The molecule has 0 bridgehead atoms. The van der Waals surface area contributed by atoms with Gasteiger partial charge in [-0.25, -0.2) is 13.2 Å². The molecule has 1 aromatic rings. The van der Waals surface area contributed by atoms with Crippen molar-refractivity contribution >= 4 is 21.7 Å². The highest BCUT2D eigenvalue weighted by Crippen LogP contribution is 2.35. The molecule has 0 aliphatic rings. The molecule has 0 saturated heterocycles. The molecular formula is C13H19NO6S. The zero-order valence-electron chi connectivity index (χ0n) is 12.6. The van der Waals surface area contributed by atoms with E-state index in [1.54, 1.807) is 12.1 Å². The number of carbonyl (C=O) groups excluding carboxylic acids is 1. The van der Waals surface area contributed by atoms with E-state index in [1.807, 2.05) is 0 Å². The summed E-state index contributed by atoms with van der Waals surface area (Å²) in [5.74, 6) is 0.0683. The van der Waals surface area contributed by atoms with Crippen LogP contribution in [0.1, 0.15) is 6.92 Å². The van der Waals surface area contributed by atoms with Crippen molar-refractivity contribution in [3.63, 3.8) is 0 Å². The number of ether oxygens (including phenoxy) is 3. The first kappa shape index (κ1) is 17.1. The van der Waals surface area contributed by atoms with Gasteiger partial charge in [0.05, 0.1) is 33.3 Å². The minimum Gasteiger partial charge on any atom is -0.497 e. The van der Waals surface area contributed by atoms with Crippen LogP contribution in [0, 0.1) is 0 Å². The molecule has 0 N–H and O–H groups in total. The zero-order chi connectivity index (χ0) is 16.2. The number of hydrogen-bond acceptors (Lipinski definition) is 6. The second-order valence-electron chi connectivity index (χ2n) is 4.30. The Morgan fingerprint density at radius 3 is 2.24 bits per heavy atom. The lowest BCUT2D eigenvalue weighted by Crippen LogP contribution is -2.43. The number of methoxy groups -OCH3 is 3. The number of esters is 1. The molecule has 0 spiro atoms. The Labute approximate surface area is 124 Å². The summed E-state index contributed by atoms with van der Waals surface area (Å²) in [7, 11) is 0.333. The van der Waals surface area contributed by atoms with Crippen molar-refractivity contribution in [2.75, 3.05) is 31.9 Å². The van der Waals surface area contributed by atoms with E-state index in [9.17, 15) is 13.2 Å². The lowest BCUT2D eigenvalue weighted by molar-refractivity contribution is -0.141. The Morgan fingerprint density at radius 1 is 1.19 bits per heavy atom. The van der Waals surface area contributed by atoms with Gasteiger partial charge in [-0.2, -0.15) is 0 Å². The second-order valence-corrected chi connectivity index (χ2v) is 6.16. The van der Waals surface area contributed by atoms with Crippen molar-refractivity contribution in [3.05, 3.63) is 18.2 Å². The van der Waals surface area contributed by atoms with E-state index in [-0.39, 0.29) is 5.69 Å².